The van der Waals surface area contributed by atoms with Gasteiger partial charge in [-0.3, -0.25) is 0 Å². The SMILES string of the molecule is COc1cccc(Cl)c1CNCCCC(C)C. The summed E-state index contributed by atoms with van der Waals surface area (Å²) in [5.41, 5.74) is 1.04. The Balaban J connectivity index is 2.40. The van der Waals surface area contributed by atoms with Crippen LogP contribution in [0.15, 0.2) is 18.2 Å². The van der Waals surface area contributed by atoms with Crippen molar-refractivity contribution in [3.05, 3.63) is 28.8 Å². The third kappa shape index (κ3) is 4.97. The predicted molar refractivity (Wildman–Crippen MR) is 73.8 cm³/mol. The van der Waals surface area contributed by atoms with Crippen LogP contribution in [0.1, 0.15) is 32.3 Å². The van der Waals surface area contributed by atoms with Crippen LogP contribution < -0.4 is 10.1 Å². The fourth-order valence-electron chi connectivity index (χ4n) is 1.75. The molecule has 0 atom stereocenters. The lowest BCUT2D eigenvalue weighted by molar-refractivity contribution is 0.407. The second-order valence-electron chi connectivity index (χ2n) is 4.63. The summed E-state index contributed by atoms with van der Waals surface area (Å²) in [6.07, 6.45) is 2.46. The third-order valence-electron chi connectivity index (χ3n) is 2.73. The van der Waals surface area contributed by atoms with Crippen molar-refractivity contribution in [3.8, 4) is 5.75 Å². The van der Waals surface area contributed by atoms with E-state index >= 15 is 0 Å². The van der Waals surface area contributed by atoms with Crippen LogP contribution in [-0.4, -0.2) is 13.7 Å². The maximum atomic E-state index is 6.15. The van der Waals surface area contributed by atoms with Gasteiger partial charge in [-0.25, -0.2) is 0 Å². The lowest BCUT2D eigenvalue weighted by Crippen LogP contribution is -2.16. The maximum Gasteiger partial charge on any atom is 0.124 e. The van der Waals surface area contributed by atoms with Crippen LogP contribution in [0.4, 0.5) is 0 Å². The summed E-state index contributed by atoms with van der Waals surface area (Å²) >= 11 is 6.15. The predicted octanol–water partition coefficient (Wildman–Crippen LogP) is 3.87. The van der Waals surface area contributed by atoms with E-state index in [9.17, 15) is 0 Å². The van der Waals surface area contributed by atoms with Gasteiger partial charge in [-0.05, 0) is 37.4 Å². The summed E-state index contributed by atoms with van der Waals surface area (Å²) < 4.78 is 5.30. The van der Waals surface area contributed by atoms with E-state index in [4.69, 9.17) is 16.3 Å². The Labute approximate surface area is 109 Å². The Morgan fingerprint density at radius 1 is 1.35 bits per heavy atom. The van der Waals surface area contributed by atoms with Gasteiger partial charge in [-0.1, -0.05) is 31.5 Å². The summed E-state index contributed by atoms with van der Waals surface area (Å²) in [5.74, 6) is 1.63. The first-order valence-electron chi connectivity index (χ1n) is 6.17. The molecule has 0 fully saturated rings. The molecule has 0 heterocycles. The van der Waals surface area contributed by atoms with Gasteiger partial charge in [0.1, 0.15) is 5.75 Å². The van der Waals surface area contributed by atoms with Gasteiger partial charge in [-0.15, -0.1) is 0 Å². The van der Waals surface area contributed by atoms with Crippen molar-refractivity contribution in [3.63, 3.8) is 0 Å². The largest absolute Gasteiger partial charge is 0.496 e. The lowest BCUT2D eigenvalue weighted by atomic mass is 10.1. The summed E-state index contributed by atoms with van der Waals surface area (Å²) in [5, 5.41) is 4.17. The van der Waals surface area contributed by atoms with Crippen molar-refractivity contribution in [1.29, 1.82) is 0 Å². The summed E-state index contributed by atoms with van der Waals surface area (Å²) in [6.45, 7) is 6.28. The molecule has 17 heavy (non-hydrogen) atoms. The molecule has 3 heteroatoms. The average Bonchev–Trinajstić information content (AvgIpc) is 2.30. The third-order valence-corrected chi connectivity index (χ3v) is 3.09. The van der Waals surface area contributed by atoms with E-state index in [2.05, 4.69) is 19.2 Å². The van der Waals surface area contributed by atoms with Crippen LogP contribution in [-0.2, 0) is 6.54 Å². The topological polar surface area (TPSA) is 21.3 Å². The van der Waals surface area contributed by atoms with Crippen molar-refractivity contribution in [2.45, 2.75) is 33.2 Å². The first kappa shape index (κ1) is 14.3. The highest BCUT2D eigenvalue weighted by atomic mass is 35.5. The molecular weight excluding hydrogens is 234 g/mol. The molecule has 0 saturated carbocycles. The van der Waals surface area contributed by atoms with Crippen molar-refractivity contribution in [1.82, 2.24) is 5.32 Å². The van der Waals surface area contributed by atoms with Gasteiger partial charge in [0.25, 0.3) is 0 Å². The van der Waals surface area contributed by atoms with Crippen LogP contribution in [0, 0.1) is 5.92 Å². The summed E-state index contributed by atoms with van der Waals surface area (Å²) in [4.78, 5) is 0. The van der Waals surface area contributed by atoms with Crippen molar-refractivity contribution < 1.29 is 4.74 Å². The second-order valence-corrected chi connectivity index (χ2v) is 5.04. The zero-order valence-electron chi connectivity index (χ0n) is 10.9. The minimum Gasteiger partial charge on any atom is -0.496 e. The zero-order valence-corrected chi connectivity index (χ0v) is 11.7. The fourth-order valence-corrected chi connectivity index (χ4v) is 1.98. The van der Waals surface area contributed by atoms with Crippen molar-refractivity contribution in [2.24, 2.45) is 5.92 Å². The minimum atomic E-state index is 0.765. The van der Waals surface area contributed by atoms with E-state index < -0.39 is 0 Å². The maximum absolute atomic E-state index is 6.15. The van der Waals surface area contributed by atoms with Crippen LogP contribution >= 0.6 is 11.6 Å². The molecule has 0 aromatic heterocycles. The van der Waals surface area contributed by atoms with Crippen LogP contribution in [0.5, 0.6) is 5.75 Å². The van der Waals surface area contributed by atoms with E-state index in [-0.39, 0.29) is 0 Å². The minimum absolute atomic E-state index is 0.765. The molecule has 0 bridgehead atoms. The number of rotatable bonds is 7. The highest BCUT2D eigenvalue weighted by Gasteiger charge is 2.06. The van der Waals surface area contributed by atoms with Gasteiger partial charge in [0.2, 0.25) is 0 Å². The van der Waals surface area contributed by atoms with E-state index in [0.29, 0.717) is 0 Å². The number of hydrogen-bond acceptors (Lipinski definition) is 2. The highest BCUT2D eigenvalue weighted by Crippen LogP contribution is 2.25. The molecule has 1 aromatic carbocycles. The molecule has 2 nitrogen and oxygen atoms in total. The van der Waals surface area contributed by atoms with E-state index in [0.717, 1.165) is 35.3 Å². The van der Waals surface area contributed by atoms with Crippen LogP contribution in [0.25, 0.3) is 0 Å². The molecule has 1 aromatic rings. The van der Waals surface area contributed by atoms with Gasteiger partial charge in [0.05, 0.1) is 7.11 Å². The molecule has 0 saturated heterocycles. The number of halogens is 1. The molecule has 0 unspecified atom stereocenters. The molecule has 0 amide bonds. The molecule has 0 aliphatic carbocycles. The Kier molecular flexibility index (Phi) is 6.38. The van der Waals surface area contributed by atoms with Gasteiger partial charge >= 0.3 is 0 Å². The molecule has 0 aliphatic rings. The normalized spacial score (nSPS) is 10.9. The zero-order chi connectivity index (χ0) is 12.7. The number of ether oxygens (including phenoxy) is 1. The Bertz CT molecular complexity index is 339. The Morgan fingerprint density at radius 2 is 2.12 bits per heavy atom. The number of methoxy groups -OCH3 is 1. The summed E-state index contributed by atoms with van der Waals surface area (Å²) in [7, 11) is 1.67. The lowest BCUT2D eigenvalue weighted by Gasteiger charge is -2.11. The van der Waals surface area contributed by atoms with Gasteiger partial charge in [-0.2, -0.15) is 0 Å². The van der Waals surface area contributed by atoms with Crippen LogP contribution in [0.2, 0.25) is 5.02 Å². The van der Waals surface area contributed by atoms with Crippen LogP contribution in [0.3, 0.4) is 0 Å². The van der Waals surface area contributed by atoms with Gasteiger partial charge in [0.15, 0.2) is 0 Å². The van der Waals surface area contributed by atoms with E-state index in [1.165, 1.54) is 12.8 Å². The van der Waals surface area contributed by atoms with Gasteiger partial charge < -0.3 is 10.1 Å². The molecule has 0 aliphatic heterocycles. The molecule has 1 N–H and O–H groups in total. The smallest absolute Gasteiger partial charge is 0.124 e. The van der Waals surface area contributed by atoms with Gasteiger partial charge in [0, 0.05) is 17.1 Å². The first-order valence-corrected chi connectivity index (χ1v) is 6.55. The van der Waals surface area contributed by atoms with E-state index in [1.807, 2.05) is 18.2 Å². The molecular formula is C14H22ClNO. The number of hydrogen-bond donors (Lipinski definition) is 1. The second kappa shape index (κ2) is 7.57. The van der Waals surface area contributed by atoms with Crippen molar-refractivity contribution >= 4 is 11.6 Å². The molecule has 0 radical (unpaired) electrons. The first-order chi connectivity index (χ1) is 8.15. The highest BCUT2D eigenvalue weighted by molar-refractivity contribution is 6.31. The standard InChI is InChI=1S/C14H22ClNO/c1-11(2)6-5-9-16-10-12-13(15)7-4-8-14(12)17-3/h4,7-8,11,16H,5-6,9-10H2,1-3H3. The number of benzene rings is 1. The average molecular weight is 256 g/mol. The summed E-state index contributed by atoms with van der Waals surface area (Å²) in [6, 6.07) is 5.75. The fraction of sp³-hybridized carbons (Fsp3) is 0.571. The number of nitrogens with one attached hydrogen (secondary N) is 1. The quantitative estimate of drug-likeness (QED) is 0.747. The Hall–Kier alpha value is -0.730. The van der Waals surface area contributed by atoms with E-state index in [1.54, 1.807) is 7.11 Å². The molecule has 1 rings (SSSR count). The Morgan fingerprint density at radius 3 is 2.76 bits per heavy atom. The molecule has 0 spiro atoms. The molecule has 96 valence electrons. The van der Waals surface area contributed by atoms with Crippen molar-refractivity contribution in [2.75, 3.05) is 13.7 Å². The monoisotopic (exact) mass is 255 g/mol.